The minimum Gasteiger partial charge on any atom is -0.364 e. The summed E-state index contributed by atoms with van der Waals surface area (Å²) in [5, 5.41) is 13.6. The third-order valence-electron chi connectivity index (χ3n) is 6.58. The normalized spacial score (nSPS) is 20.2. The van der Waals surface area contributed by atoms with E-state index in [1.165, 1.54) is 5.56 Å². The minimum absolute atomic E-state index is 0.142. The van der Waals surface area contributed by atoms with Crippen LogP contribution in [0.25, 0.3) is 22.1 Å². The van der Waals surface area contributed by atoms with Crippen LogP contribution < -0.4 is 10.5 Å². The molecule has 3 atom stereocenters. The SMILES string of the molecule is C[C@@H]1CN(c2cc(=O)[nH]c3cn(CC#N)nc23)[C@@H](C)CN1[C@@H](C)c1ccc2nccnc2c1. The summed E-state index contributed by atoms with van der Waals surface area (Å²) >= 11 is 0. The van der Waals surface area contributed by atoms with Crippen LogP contribution in [0.5, 0.6) is 0 Å². The Bertz CT molecular complexity index is 1420. The summed E-state index contributed by atoms with van der Waals surface area (Å²) in [4.78, 5) is 28.8. The summed E-state index contributed by atoms with van der Waals surface area (Å²) in [7, 11) is 0. The predicted octanol–water partition coefficient (Wildman–Crippen LogP) is 2.85. The molecule has 9 nitrogen and oxygen atoms in total. The highest BCUT2D eigenvalue weighted by molar-refractivity contribution is 5.87. The lowest BCUT2D eigenvalue weighted by atomic mass is 10.00. The highest BCUT2D eigenvalue weighted by atomic mass is 16.1. The Labute approximate surface area is 191 Å². The fraction of sp³-hybridized carbons (Fsp3) is 0.375. The number of nitrogens with zero attached hydrogens (tertiary/aromatic N) is 7. The number of hydrogen-bond donors (Lipinski definition) is 1. The highest BCUT2D eigenvalue weighted by Gasteiger charge is 2.33. The van der Waals surface area contributed by atoms with Gasteiger partial charge in [-0.1, -0.05) is 6.07 Å². The molecule has 0 aliphatic carbocycles. The highest BCUT2D eigenvalue weighted by Crippen LogP contribution is 2.32. The molecule has 4 aromatic rings. The lowest BCUT2D eigenvalue weighted by Crippen LogP contribution is -2.57. The van der Waals surface area contributed by atoms with Crippen molar-refractivity contribution < 1.29 is 0 Å². The first-order valence-electron chi connectivity index (χ1n) is 11.1. The maximum Gasteiger partial charge on any atom is 0.250 e. The van der Waals surface area contributed by atoms with E-state index in [4.69, 9.17) is 5.26 Å². The molecule has 0 bridgehead atoms. The first kappa shape index (κ1) is 21.1. The number of aromatic amines is 1. The Balaban J connectivity index is 1.43. The molecule has 1 aliphatic rings. The van der Waals surface area contributed by atoms with Crippen molar-refractivity contribution in [1.29, 1.82) is 5.26 Å². The van der Waals surface area contributed by atoms with Gasteiger partial charge >= 0.3 is 0 Å². The number of piperazine rings is 1. The van der Waals surface area contributed by atoms with Gasteiger partial charge in [0.05, 0.1) is 34.5 Å². The van der Waals surface area contributed by atoms with E-state index < -0.39 is 0 Å². The van der Waals surface area contributed by atoms with Gasteiger partial charge in [0.2, 0.25) is 0 Å². The molecule has 0 saturated carbocycles. The van der Waals surface area contributed by atoms with Crippen molar-refractivity contribution in [3.05, 3.63) is 58.8 Å². The largest absolute Gasteiger partial charge is 0.364 e. The van der Waals surface area contributed by atoms with E-state index in [0.717, 1.165) is 35.3 Å². The summed E-state index contributed by atoms with van der Waals surface area (Å²) in [5.74, 6) is 0. The number of nitrogens with one attached hydrogen (secondary N) is 1. The number of fused-ring (bicyclic) bond motifs is 2. The van der Waals surface area contributed by atoms with Gasteiger partial charge in [0.1, 0.15) is 12.1 Å². The molecule has 3 aromatic heterocycles. The number of rotatable bonds is 4. The van der Waals surface area contributed by atoms with E-state index in [1.807, 2.05) is 6.07 Å². The molecule has 168 valence electrons. The quantitative estimate of drug-likeness (QED) is 0.518. The zero-order chi connectivity index (χ0) is 23.1. The average molecular weight is 443 g/mol. The first-order chi connectivity index (χ1) is 15.9. The van der Waals surface area contributed by atoms with Crippen LogP contribution in [-0.4, -0.2) is 54.8 Å². The Morgan fingerprint density at radius 2 is 1.94 bits per heavy atom. The van der Waals surface area contributed by atoms with Crippen LogP contribution in [0.3, 0.4) is 0 Å². The molecule has 0 amide bonds. The Hall–Kier alpha value is -3.77. The van der Waals surface area contributed by atoms with Gasteiger partial charge in [0.25, 0.3) is 5.56 Å². The van der Waals surface area contributed by atoms with E-state index in [1.54, 1.807) is 29.3 Å². The molecule has 0 radical (unpaired) electrons. The molecular weight excluding hydrogens is 416 g/mol. The maximum absolute atomic E-state index is 12.4. The number of pyridine rings is 1. The van der Waals surface area contributed by atoms with Crippen molar-refractivity contribution in [2.75, 3.05) is 18.0 Å². The van der Waals surface area contributed by atoms with Crippen LogP contribution >= 0.6 is 0 Å². The van der Waals surface area contributed by atoms with E-state index in [-0.39, 0.29) is 30.2 Å². The molecule has 1 fully saturated rings. The van der Waals surface area contributed by atoms with Gasteiger partial charge in [0, 0.05) is 49.7 Å². The fourth-order valence-corrected chi connectivity index (χ4v) is 4.90. The summed E-state index contributed by atoms with van der Waals surface area (Å²) in [5.41, 5.74) is 5.04. The van der Waals surface area contributed by atoms with Gasteiger partial charge in [-0.2, -0.15) is 10.4 Å². The molecule has 9 heteroatoms. The van der Waals surface area contributed by atoms with Gasteiger partial charge in [-0.15, -0.1) is 0 Å². The summed E-state index contributed by atoms with van der Waals surface area (Å²) in [6.07, 6.45) is 5.16. The molecule has 5 rings (SSSR count). The summed E-state index contributed by atoms with van der Waals surface area (Å²) in [6.45, 7) is 8.37. The molecule has 0 spiro atoms. The molecule has 4 heterocycles. The van der Waals surface area contributed by atoms with Crippen molar-refractivity contribution >= 4 is 27.8 Å². The van der Waals surface area contributed by atoms with Crippen LogP contribution in [0.4, 0.5) is 5.69 Å². The summed E-state index contributed by atoms with van der Waals surface area (Å²) < 4.78 is 1.57. The molecule has 33 heavy (non-hydrogen) atoms. The Morgan fingerprint density at radius 1 is 1.15 bits per heavy atom. The van der Waals surface area contributed by atoms with Crippen molar-refractivity contribution in [3.63, 3.8) is 0 Å². The first-order valence-corrected chi connectivity index (χ1v) is 11.1. The van der Waals surface area contributed by atoms with Crippen LogP contribution in [-0.2, 0) is 6.54 Å². The Morgan fingerprint density at radius 3 is 2.73 bits per heavy atom. The van der Waals surface area contributed by atoms with Crippen molar-refractivity contribution in [3.8, 4) is 6.07 Å². The molecule has 0 unspecified atom stereocenters. The van der Waals surface area contributed by atoms with Crippen molar-refractivity contribution in [2.24, 2.45) is 0 Å². The zero-order valence-electron chi connectivity index (χ0n) is 18.9. The number of nitriles is 1. The van der Waals surface area contributed by atoms with Gasteiger partial charge in [0.15, 0.2) is 0 Å². The van der Waals surface area contributed by atoms with Gasteiger partial charge in [-0.05, 0) is 38.5 Å². The van der Waals surface area contributed by atoms with Crippen molar-refractivity contribution in [1.82, 2.24) is 29.6 Å². The van der Waals surface area contributed by atoms with E-state index in [0.29, 0.717) is 5.52 Å². The van der Waals surface area contributed by atoms with Gasteiger partial charge < -0.3 is 9.88 Å². The van der Waals surface area contributed by atoms with E-state index in [9.17, 15) is 4.79 Å². The lowest BCUT2D eigenvalue weighted by molar-refractivity contribution is 0.119. The third-order valence-corrected chi connectivity index (χ3v) is 6.58. The van der Waals surface area contributed by atoms with Crippen LogP contribution in [0.1, 0.15) is 32.4 Å². The predicted molar refractivity (Wildman–Crippen MR) is 127 cm³/mol. The van der Waals surface area contributed by atoms with Crippen molar-refractivity contribution in [2.45, 2.75) is 45.4 Å². The van der Waals surface area contributed by atoms with Crippen LogP contribution in [0, 0.1) is 11.3 Å². The summed E-state index contributed by atoms with van der Waals surface area (Å²) in [6, 6.07) is 10.7. The lowest BCUT2D eigenvalue weighted by Gasteiger charge is -2.47. The number of hydrogen-bond acceptors (Lipinski definition) is 7. The second-order valence-electron chi connectivity index (χ2n) is 8.79. The van der Waals surface area contributed by atoms with E-state index >= 15 is 0 Å². The topological polar surface area (TPSA) is 107 Å². The standard InChI is InChI=1S/C24H26N8O/c1-15-13-32(22-11-23(33)28-21-14-30(9-6-25)29-24(21)22)16(2)12-31(15)17(3)18-4-5-19-20(10-18)27-8-7-26-19/h4-5,7-8,10-11,14-17H,9,12-13H2,1-3H3,(H,28,33)/t15-,16+,17+/m1/s1. The maximum atomic E-state index is 12.4. The number of benzene rings is 1. The number of aromatic nitrogens is 5. The average Bonchev–Trinajstić information content (AvgIpc) is 3.21. The third kappa shape index (κ3) is 3.83. The number of anilines is 1. The molecule has 1 aromatic carbocycles. The number of H-pyrrole nitrogens is 1. The molecule has 1 saturated heterocycles. The zero-order valence-corrected chi connectivity index (χ0v) is 18.9. The van der Waals surface area contributed by atoms with Gasteiger partial charge in [-0.25, -0.2) is 0 Å². The molecular formula is C24H26N8O. The monoisotopic (exact) mass is 442 g/mol. The second-order valence-corrected chi connectivity index (χ2v) is 8.79. The van der Waals surface area contributed by atoms with E-state index in [2.05, 4.69) is 68.8 Å². The smallest absolute Gasteiger partial charge is 0.250 e. The fourth-order valence-electron chi connectivity index (χ4n) is 4.90. The second kappa shape index (κ2) is 8.30. The van der Waals surface area contributed by atoms with Crippen LogP contribution in [0.2, 0.25) is 0 Å². The molecule has 1 aliphatic heterocycles. The minimum atomic E-state index is -0.165. The molecule has 1 N–H and O–H groups in total. The van der Waals surface area contributed by atoms with Gasteiger partial charge in [-0.3, -0.25) is 24.3 Å². The van der Waals surface area contributed by atoms with Crippen LogP contribution in [0.15, 0.2) is 47.7 Å². The Kier molecular flexibility index (Phi) is 5.30.